The molecule has 0 aliphatic rings. The lowest BCUT2D eigenvalue weighted by atomic mass is 9.81. The molecule has 0 aliphatic heterocycles. The Balaban J connectivity index is 0.00000441. The number of imidazole rings is 1. The van der Waals surface area contributed by atoms with Crippen LogP contribution in [0.25, 0.3) is 5.69 Å². The number of hydrogen-bond donors (Lipinski definition) is 1. The van der Waals surface area contributed by atoms with Crippen LogP contribution in [0.4, 0.5) is 13.2 Å². The molecule has 0 saturated heterocycles. The van der Waals surface area contributed by atoms with E-state index in [-0.39, 0.29) is 34.7 Å². The Morgan fingerprint density at radius 3 is 2.40 bits per heavy atom. The maximum Gasteiger partial charge on any atom is 0.173 e. The molecule has 4 aromatic rings. The van der Waals surface area contributed by atoms with Crippen molar-refractivity contribution in [2.24, 2.45) is 5.73 Å². The van der Waals surface area contributed by atoms with E-state index in [1.807, 2.05) is 18.4 Å². The molecule has 0 saturated carbocycles. The van der Waals surface area contributed by atoms with Crippen LogP contribution in [0.2, 0.25) is 5.02 Å². The number of ether oxygens (including phenoxy) is 2. The van der Waals surface area contributed by atoms with Crippen molar-refractivity contribution < 1.29 is 22.6 Å². The van der Waals surface area contributed by atoms with Crippen LogP contribution in [0.5, 0.6) is 11.5 Å². The van der Waals surface area contributed by atoms with Gasteiger partial charge in [-0.25, -0.2) is 18.2 Å². The monoisotopic (exact) mass is 611 g/mol. The summed E-state index contributed by atoms with van der Waals surface area (Å²) >= 11 is 7.71. The van der Waals surface area contributed by atoms with Crippen LogP contribution in [-0.2, 0) is 11.2 Å². The van der Waals surface area contributed by atoms with Gasteiger partial charge in [0.25, 0.3) is 0 Å². The fourth-order valence-corrected chi connectivity index (χ4v) is 5.50. The van der Waals surface area contributed by atoms with E-state index in [9.17, 15) is 13.2 Å². The Bertz CT molecular complexity index is 1430. The molecule has 0 unspecified atom stereocenters. The first kappa shape index (κ1) is 31.7. The molecular formula is C29H30Cl2F3N3O2S. The third-order valence-electron chi connectivity index (χ3n) is 6.40. The van der Waals surface area contributed by atoms with Crippen molar-refractivity contribution in [2.75, 3.05) is 20.3 Å². The highest BCUT2D eigenvalue weighted by molar-refractivity contribution is 7.98. The van der Waals surface area contributed by atoms with E-state index in [2.05, 4.69) is 4.98 Å². The second-order valence-corrected chi connectivity index (χ2v) is 10.7. The maximum absolute atomic E-state index is 15.0. The van der Waals surface area contributed by atoms with Crippen LogP contribution in [-0.4, -0.2) is 29.8 Å². The zero-order valence-corrected chi connectivity index (χ0v) is 24.6. The lowest BCUT2D eigenvalue weighted by Gasteiger charge is -2.28. The fraction of sp³-hybridized carbons (Fsp3) is 0.276. The van der Waals surface area contributed by atoms with Crippen molar-refractivity contribution >= 4 is 35.8 Å². The summed E-state index contributed by atoms with van der Waals surface area (Å²) in [6.45, 7) is 4.79. The van der Waals surface area contributed by atoms with Gasteiger partial charge in [0, 0.05) is 28.5 Å². The van der Waals surface area contributed by atoms with Gasteiger partial charge in [-0.15, -0.1) is 12.4 Å². The average Bonchev–Trinajstić information content (AvgIpc) is 3.34. The van der Waals surface area contributed by atoms with Crippen molar-refractivity contribution in [1.82, 2.24) is 9.55 Å². The number of hydrogen-bond acceptors (Lipinski definition) is 5. The van der Waals surface area contributed by atoms with Gasteiger partial charge in [-0.1, -0.05) is 43.3 Å². The summed E-state index contributed by atoms with van der Waals surface area (Å²) in [4.78, 5) is 4.63. The van der Waals surface area contributed by atoms with Gasteiger partial charge in [-0.2, -0.15) is 0 Å². The molecule has 0 atom stereocenters. The highest BCUT2D eigenvalue weighted by Gasteiger charge is 2.30. The van der Waals surface area contributed by atoms with Gasteiger partial charge in [0.15, 0.2) is 16.7 Å². The minimum atomic E-state index is -0.660. The summed E-state index contributed by atoms with van der Waals surface area (Å²) in [5, 5.41) is 0.793. The van der Waals surface area contributed by atoms with E-state index < -0.39 is 17.0 Å². The Labute approximate surface area is 247 Å². The third-order valence-corrected chi connectivity index (χ3v) is 7.72. The highest BCUT2D eigenvalue weighted by Crippen LogP contribution is 2.39. The van der Waals surface area contributed by atoms with E-state index in [1.54, 1.807) is 36.5 Å². The molecule has 5 nitrogen and oxygen atoms in total. The Kier molecular flexibility index (Phi) is 10.8. The number of nitrogens with two attached hydrogens (primary N) is 1. The van der Waals surface area contributed by atoms with Crippen LogP contribution < -0.4 is 15.2 Å². The number of rotatable bonds is 11. The minimum absolute atomic E-state index is 0. The molecule has 0 aliphatic carbocycles. The van der Waals surface area contributed by atoms with E-state index in [0.717, 1.165) is 11.3 Å². The Morgan fingerprint density at radius 2 is 1.75 bits per heavy atom. The predicted molar refractivity (Wildman–Crippen MR) is 156 cm³/mol. The molecule has 214 valence electrons. The summed E-state index contributed by atoms with van der Waals surface area (Å²) in [6.07, 6.45) is 2.36. The summed E-state index contributed by atoms with van der Waals surface area (Å²) in [7, 11) is 1.41. The fourth-order valence-electron chi connectivity index (χ4n) is 4.12. The third kappa shape index (κ3) is 6.89. The van der Waals surface area contributed by atoms with Crippen LogP contribution in [0, 0.1) is 17.5 Å². The SMILES string of the molecule is COc1cc(C(C)(C)c2cnc(SCc3c(F)cc(OCCCN)cc3Cl)n2-c2ccc(F)cc2)ccc1F.Cl. The number of benzene rings is 3. The van der Waals surface area contributed by atoms with Crippen molar-refractivity contribution in [1.29, 1.82) is 0 Å². The first-order chi connectivity index (χ1) is 18.6. The van der Waals surface area contributed by atoms with E-state index in [0.29, 0.717) is 41.7 Å². The molecule has 11 heteroatoms. The first-order valence-corrected chi connectivity index (χ1v) is 13.6. The number of thioether (sulfide) groups is 1. The van der Waals surface area contributed by atoms with Gasteiger partial charge in [0.2, 0.25) is 0 Å². The normalized spacial score (nSPS) is 11.3. The molecule has 1 aromatic heterocycles. The van der Waals surface area contributed by atoms with E-state index in [1.165, 1.54) is 43.1 Å². The molecule has 0 fully saturated rings. The molecule has 0 amide bonds. The molecule has 40 heavy (non-hydrogen) atoms. The molecule has 3 aromatic carbocycles. The van der Waals surface area contributed by atoms with Crippen LogP contribution in [0.15, 0.2) is 66.0 Å². The summed E-state index contributed by atoms with van der Waals surface area (Å²) in [5.74, 6) is -0.669. The van der Waals surface area contributed by atoms with E-state index in [4.69, 9.17) is 26.8 Å². The quantitative estimate of drug-likeness (QED) is 0.139. The number of halogens is 5. The molecule has 4 rings (SSSR count). The molecule has 1 heterocycles. The van der Waals surface area contributed by atoms with Gasteiger partial charge in [0.1, 0.15) is 17.4 Å². The summed E-state index contributed by atoms with van der Waals surface area (Å²) < 4.78 is 55.5. The highest BCUT2D eigenvalue weighted by atomic mass is 35.5. The van der Waals surface area contributed by atoms with Crippen LogP contribution in [0.1, 0.15) is 37.1 Å². The Hall–Kier alpha value is -2.85. The lowest BCUT2D eigenvalue weighted by Crippen LogP contribution is -2.23. The van der Waals surface area contributed by atoms with E-state index >= 15 is 0 Å². The lowest BCUT2D eigenvalue weighted by molar-refractivity contribution is 0.311. The summed E-state index contributed by atoms with van der Waals surface area (Å²) in [6, 6.07) is 13.6. The zero-order chi connectivity index (χ0) is 28.2. The van der Waals surface area contributed by atoms with Gasteiger partial charge in [-0.3, -0.25) is 4.57 Å². The number of aromatic nitrogens is 2. The van der Waals surface area contributed by atoms with Gasteiger partial charge in [-0.05, 0) is 61.0 Å². The number of methoxy groups -OCH3 is 1. The van der Waals surface area contributed by atoms with Gasteiger partial charge < -0.3 is 15.2 Å². The molecule has 0 bridgehead atoms. The molecule has 2 N–H and O–H groups in total. The molecule has 0 radical (unpaired) electrons. The average molecular weight is 613 g/mol. The van der Waals surface area contributed by atoms with Crippen LogP contribution in [0.3, 0.4) is 0 Å². The second kappa shape index (κ2) is 13.7. The number of nitrogens with zero attached hydrogens (tertiary/aromatic N) is 2. The largest absolute Gasteiger partial charge is 0.494 e. The van der Waals surface area contributed by atoms with Crippen LogP contribution >= 0.6 is 35.8 Å². The standard InChI is InChI=1S/C29H29ClF3N3O2S.ClH/c1-29(2,18-5-10-24(32)26(13-18)37-3)27-16-35-28(36(27)20-8-6-19(31)7-9-20)39-17-22-23(30)14-21(15-25(22)33)38-12-4-11-34;/h5-10,13-16H,4,11-12,17,34H2,1-3H3;1H. The first-order valence-electron chi connectivity index (χ1n) is 12.3. The second-order valence-electron chi connectivity index (χ2n) is 9.36. The molecule has 0 spiro atoms. The summed E-state index contributed by atoms with van der Waals surface area (Å²) in [5.41, 5.74) is 7.36. The smallest absolute Gasteiger partial charge is 0.173 e. The topological polar surface area (TPSA) is 62.3 Å². The van der Waals surface area contributed by atoms with Gasteiger partial charge >= 0.3 is 0 Å². The van der Waals surface area contributed by atoms with Crippen molar-refractivity contribution in [3.63, 3.8) is 0 Å². The molecular weight excluding hydrogens is 582 g/mol. The minimum Gasteiger partial charge on any atom is -0.494 e. The maximum atomic E-state index is 15.0. The van der Waals surface area contributed by atoms with Crippen molar-refractivity contribution in [2.45, 2.75) is 36.6 Å². The zero-order valence-electron chi connectivity index (χ0n) is 22.2. The van der Waals surface area contributed by atoms with Crippen molar-refractivity contribution in [3.8, 4) is 17.2 Å². The van der Waals surface area contributed by atoms with Gasteiger partial charge in [0.05, 0.1) is 30.6 Å². The van der Waals surface area contributed by atoms with Crippen molar-refractivity contribution in [3.05, 3.63) is 100 Å². The predicted octanol–water partition coefficient (Wildman–Crippen LogP) is 7.72. The Morgan fingerprint density at radius 1 is 1.02 bits per heavy atom.